The summed E-state index contributed by atoms with van der Waals surface area (Å²) in [6, 6.07) is 8.18. The molecular weight excluding hydrogens is 386 g/mol. The van der Waals surface area contributed by atoms with Crippen molar-refractivity contribution >= 4 is 39.0 Å². The van der Waals surface area contributed by atoms with E-state index in [9.17, 15) is 18.0 Å². The van der Waals surface area contributed by atoms with E-state index in [1.54, 1.807) is 25.1 Å². The number of carbonyl (C=O) groups is 2. The lowest BCUT2D eigenvalue weighted by atomic mass is 10.2. The van der Waals surface area contributed by atoms with Crippen molar-refractivity contribution in [2.75, 3.05) is 6.54 Å². The number of benzene rings is 1. The van der Waals surface area contributed by atoms with Gasteiger partial charge in [-0.15, -0.1) is 0 Å². The van der Waals surface area contributed by atoms with Gasteiger partial charge in [0.15, 0.2) is 0 Å². The maximum Gasteiger partial charge on any atom is 0.293 e. The molecule has 2 aromatic rings. The van der Waals surface area contributed by atoms with E-state index in [2.05, 4.69) is 0 Å². The lowest BCUT2D eigenvalue weighted by Crippen LogP contribution is -2.27. The first-order valence-corrected chi connectivity index (χ1v) is 10.6. The van der Waals surface area contributed by atoms with Crippen LogP contribution < -0.4 is 5.14 Å². The highest BCUT2D eigenvalue weighted by molar-refractivity contribution is 8.18. The van der Waals surface area contributed by atoms with Crippen molar-refractivity contribution in [1.29, 1.82) is 0 Å². The molecule has 0 saturated carbocycles. The number of rotatable bonds is 4. The Morgan fingerprint density at radius 2 is 1.78 bits per heavy atom. The number of sulfonamides is 1. The van der Waals surface area contributed by atoms with Crippen LogP contribution in [0.25, 0.3) is 11.8 Å². The van der Waals surface area contributed by atoms with E-state index in [0.717, 1.165) is 34.4 Å². The molecule has 3 rings (SSSR count). The zero-order valence-corrected chi connectivity index (χ0v) is 16.7. The van der Waals surface area contributed by atoms with E-state index >= 15 is 0 Å². The summed E-state index contributed by atoms with van der Waals surface area (Å²) in [5.41, 5.74) is 3.39. The Labute approximate surface area is 161 Å². The molecule has 1 aromatic heterocycles. The largest absolute Gasteiger partial charge is 0.318 e. The molecule has 1 fully saturated rings. The second kappa shape index (κ2) is 6.99. The highest BCUT2D eigenvalue weighted by atomic mass is 32.2. The smallest absolute Gasteiger partial charge is 0.293 e. The average Bonchev–Trinajstić information content (AvgIpc) is 3.02. The van der Waals surface area contributed by atoms with Crippen LogP contribution in [-0.4, -0.2) is 35.6 Å². The number of thioether (sulfide) groups is 1. The van der Waals surface area contributed by atoms with Crippen LogP contribution in [0.1, 0.15) is 23.9 Å². The monoisotopic (exact) mass is 405 g/mol. The summed E-state index contributed by atoms with van der Waals surface area (Å²) in [5, 5.41) is 4.88. The molecule has 0 aliphatic carbocycles. The molecule has 1 aliphatic heterocycles. The minimum atomic E-state index is -3.75. The third-order valence-corrected chi connectivity index (χ3v) is 6.21. The summed E-state index contributed by atoms with van der Waals surface area (Å²) in [6.45, 7) is 5.92. The summed E-state index contributed by atoms with van der Waals surface area (Å²) < 4.78 is 24.8. The van der Waals surface area contributed by atoms with Crippen LogP contribution in [0.15, 0.2) is 40.1 Å². The first-order valence-electron chi connectivity index (χ1n) is 8.21. The average molecular weight is 406 g/mol. The Bertz CT molecular complexity index is 1070. The summed E-state index contributed by atoms with van der Waals surface area (Å²) in [4.78, 5) is 25.8. The molecule has 0 spiro atoms. The molecule has 1 aromatic carbocycles. The van der Waals surface area contributed by atoms with E-state index in [-0.39, 0.29) is 16.0 Å². The molecule has 1 aliphatic rings. The highest BCUT2D eigenvalue weighted by Gasteiger charge is 2.33. The van der Waals surface area contributed by atoms with Gasteiger partial charge in [-0.2, -0.15) is 0 Å². The first kappa shape index (κ1) is 19.4. The maximum atomic E-state index is 12.3. The maximum absolute atomic E-state index is 12.3. The fourth-order valence-corrected chi connectivity index (χ4v) is 4.44. The number of amides is 2. The van der Waals surface area contributed by atoms with Gasteiger partial charge in [0, 0.05) is 23.6 Å². The van der Waals surface area contributed by atoms with E-state index < -0.39 is 10.0 Å². The van der Waals surface area contributed by atoms with Crippen molar-refractivity contribution in [2.45, 2.75) is 25.7 Å². The second-order valence-corrected chi connectivity index (χ2v) is 8.68. The summed E-state index contributed by atoms with van der Waals surface area (Å²) in [5.74, 6) is -0.283. The molecular formula is C18H19N3O4S2. The van der Waals surface area contributed by atoms with Crippen molar-refractivity contribution in [2.24, 2.45) is 5.14 Å². The van der Waals surface area contributed by atoms with Crippen LogP contribution in [0.2, 0.25) is 0 Å². The number of aromatic nitrogens is 1. The number of imide groups is 1. The predicted octanol–water partition coefficient (Wildman–Crippen LogP) is 2.80. The van der Waals surface area contributed by atoms with E-state index in [0.29, 0.717) is 11.4 Å². The van der Waals surface area contributed by atoms with E-state index in [4.69, 9.17) is 5.14 Å². The lowest BCUT2D eigenvalue weighted by molar-refractivity contribution is -0.122. The molecule has 7 nitrogen and oxygen atoms in total. The SMILES string of the molecule is CCN1C(=O)S/C(=C\c2cc(C)n(-c3ccc(S(N)(=O)=O)cc3)c2C)C1=O. The molecule has 0 radical (unpaired) electrons. The Kier molecular flexibility index (Phi) is 5.02. The van der Waals surface area contributed by atoms with Gasteiger partial charge in [0.1, 0.15) is 0 Å². The number of aryl methyl sites for hydroxylation is 1. The van der Waals surface area contributed by atoms with Crippen molar-refractivity contribution in [1.82, 2.24) is 9.47 Å². The molecule has 0 atom stereocenters. The van der Waals surface area contributed by atoms with Crippen molar-refractivity contribution in [3.05, 3.63) is 52.2 Å². The van der Waals surface area contributed by atoms with Crippen LogP contribution >= 0.6 is 11.8 Å². The normalized spacial score (nSPS) is 16.6. The number of primary sulfonamides is 1. The number of hydrogen-bond acceptors (Lipinski definition) is 5. The number of carbonyl (C=O) groups excluding carboxylic acids is 2. The van der Waals surface area contributed by atoms with Crippen LogP contribution in [0, 0.1) is 13.8 Å². The Morgan fingerprint density at radius 3 is 2.30 bits per heavy atom. The number of likely N-dealkylation sites (N-methyl/N-ethyl adjacent to an activating group) is 1. The topological polar surface area (TPSA) is 102 Å². The van der Waals surface area contributed by atoms with Crippen molar-refractivity contribution in [3.63, 3.8) is 0 Å². The number of nitrogens with zero attached hydrogens (tertiary/aromatic N) is 2. The van der Waals surface area contributed by atoms with Crippen LogP contribution in [0.4, 0.5) is 4.79 Å². The molecule has 0 bridgehead atoms. The Morgan fingerprint density at radius 1 is 1.15 bits per heavy atom. The van der Waals surface area contributed by atoms with Crippen LogP contribution in [-0.2, 0) is 14.8 Å². The summed E-state index contributed by atoms with van der Waals surface area (Å²) >= 11 is 0.934. The zero-order chi connectivity index (χ0) is 19.9. The van der Waals surface area contributed by atoms with Gasteiger partial charge >= 0.3 is 0 Å². The zero-order valence-electron chi connectivity index (χ0n) is 15.1. The lowest BCUT2D eigenvalue weighted by Gasteiger charge is -2.10. The first-order chi connectivity index (χ1) is 12.6. The number of nitrogens with two attached hydrogens (primary N) is 1. The molecule has 2 N–H and O–H groups in total. The molecule has 2 heterocycles. The van der Waals surface area contributed by atoms with Crippen molar-refractivity contribution < 1.29 is 18.0 Å². The van der Waals surface area contributed by atoms with Gasteiger partial charge in [0.05, 0.1) is 9.80 Å². The van der Waals surface area contributed by atoms with E-state index in [1.807, 2.05) is 24.5 Å². The molecule has 2 amide bonds. The van der Waals surface area contributed by atoms with Gasteiger partial charge in [-0.1, -0.05) is 0 Å². The second-order valence-electron chi connectivity index (χ2n) is 6.13. The fourth-order valence-electron chi connectivity index (χ4n) is 3.03. The minimum absolute atomic E-state index is 0.0437. The predicted molar refractivity (Wildman–Crippen MR) is 105 cm³/mol. The van der Waals surface area contributed by atoms with Gasteiger partial charge in [-0.05, 0) is 74.5 Å². The number of hydrogen-bond donors (Lipinski definition) is 1. The third-order valence-electron chi connectivity index (χ3n) is 4.37. The summed E-state index contributed by atoms with van der Waals surface area (Å²) in [6.07, 6.45) is 1.72. The third kappa shape index (κ3) is 3.58. The highest BCUT2D eigenvalue weighted by Crippen LogP contribution is 2.33. The van der Waals surface area contributed by atoms with E-state index in [1.165, 1.54) is 17.0 Å². The molecule has 9 heteroatoms. The van der Waals surface area contributed by atoms with Crippen LogP contribution in [0.3, 0.4) is 0 Å². The fraction of sp³-hybridized carbons (Fsp3) is 0.222. The molecule has 27 heavy (non-hydrogen) atoms. The van der Waals surface area contributed by atoms with Gasteiger partial charge in [0.25, 0.3) is 11.1 Å². The standard InChI is InChI=1S/C18H19N3O4S2/c1-4-20-17(22)16(26-18(20)23)10-13-9-11(2)21(12(13)3)14-5-7-15(8-6-14)27(19,24)25/h5-10H,4H2,1-3H3,(H2,19,24,25)/b16-10-. The summed E-state index contributed by atoms with van der Waals surface area (Å²) in [7, 11) is -3.75. The molecule has 1 saturated heterocycles. The van der Waals surface area contributed by atoms with Gasteiger partial charge in [-0.3, -0.25) is 14.5 Å². The van der Waals surface area contributed by atoms with Crippen LogP contribution in [0.5, 0.6) is 0 Å². The molecule has 142 valence electrons. The van der Waals surface area contributed by atoms with Crippen molar-refractivity contribution in [3.8, 4) is 5.69 Å². The Balaban J connectivity index is 2.00. The minimum Gasteiger partial charge on any atom is -0.318 e. The Hall–Kier alpha value is -2.36. The van der Waals surface area contributed by atoms with Gasteiger partial charge in [-0.25, -0.2) is 13.6 Å². The van der Waals surface area contributed by atoms with Gasteiger partial charge in [0.2, 0.25) is 10.0 Å². The quantitative estimate of drug-likeness (QED) is 0.788. The van der Waals surface area contributed by atoms with Gasteiger partial charge < -0.3 is 4.57 Å². The molecule has 0 unspecified atom stereocenters.